The summed E-state index contributed by atoms with van der Waals surface area (Å²) in [6.07, 6.45) is 9.01. The normalized spacial score (nSPS) is 20.7. The van der Waals surface area contributed by atoms with E-state index in [0.717, 1.165) is 26.1 Å². The molecule has 2 rings (SSSR count). The first-order valence-corrected chi connectivity index (χ1v) is 10.2. The van der Waals surface area contributed by atoms with Crippen molar-refractivity contribution in [2.24, 2.45) is 11.8 Å². The fourth-order valence-corrected chi connectivity index (χ4v) is 3.93. The largest absolute Gasteiger partial charge is 0.466 e. The van der Waals surface area contributed by atoms with Crippen LogP contribution in [0.15, 0.2) is 30.3 Å². The Kier molecular flexibility index (Phi) is 9.03. The number of carbonyl (C=O) groups excluding carboxylic acids is 1. The Morgan fingerprint density at radius 3 is 2.48 bits per heavy atom. The number of hydrogen-bond acceptors (Lipinski definition) is 3. The number of rotatable bonds is 11. The van der Waals surface area contributed by atoms with Crippen molar-refractivity contribution in [3.05, 3.63) is 35.9 Å². The van der Waals surface area contributed by atoms with E-state index in [1.165, 1.54) is 44.1 Å². The maximum atomic E-state index is 12.4. The van der Waals surface area contributed by atoms with Gasteiger partial charge in [0.15, 0.2) is 0 Å². The van der Waals surface area contributed by atoms with E-state index in [4.69, 9.17) is 4.74 Å². The molecule has 0 amide bonds. The van der Waals surface area contributed by atoms with Crippen molar-refractivity contribution in [1.29, 1.82) is 0 Å². The van der Waals surface area contributed by atoms with Crippen LogP contribution in [0, 0.1) is 11.8 Å². The molecule has 0 bridgehead atoms. The van der Waals surface area contributed by atoms with Crippen LogP contribution in [0.2, 0.25) is 0 Å². The lowest BCUT2D eigenvalue weighted by molar-refractivity contribution is -0.148. The zero-order valence-electron chi connectivity index (χ0n) is 16.1. The molecule has 1 aromatic rings. The summed E-state index contributed by atoms with van der Waals surface area (Å²) in [6.45, 7) is 7.43. The zero-order valence-corrected chi connectivity index (χ0v) is 16.1. The molecule has 1 aliphatic rings. The summed E-state index contributed by atoms with van der Waals surface area (Å²) < 4.78 is 5.35. The van der Waals surface area contributed by atoms with Gasteiger partial charge < -0.3 is 4.74 Å². The van der Waals surface area contributed by atoms with Gasteiger partial charge in [0.2, 0.25) is 0 Å². The maximum absolute atomic E-state index is 12.4. The molecule has 1 aromatic carbocycles. The molecule has 140 valence electrons. The molecule has 1 saturated heterocycles. The van der Waals surface area contributed by atoms with E-state index in [-0.39, 0.29) is 11.9 Å². The Bertz CT molecular complexity index is 488. The lowest BCUT2D eigenvalue weighted by atomic mass is 9.90. The molecule has 0 aliphatic carbocycles. The molecule has 0 aromatic heterocycles. The number of carbonyl (C=O) groups is 1. The molecule has 25 heavy (non-hydrogen) atoms. The minimum absolute atomic E-state index is 0.00837. The van der Waals surface area contributed by atoms with E-state index in [1.807, 2.05) is 6.92 Å². The van der Waals surface area contributed by atoms with Gasteiger partial charge in [-0.15, -0.1) is 0 Å². The average molecular weight is 346 g/mol. The third-order valence-electron chi connectivity index (χ3n) is 5.28. The number of nitrogens with zero attached hydrogens (tertiary/aromatic N) is 1. The standard InChI is InChI=1S/C22H35NO2/c1-3-5-6-7-8-12-15-20-17-23(16-19-13-10-9-11-14-19)18-21(20)22(24)25-4-2/h9-11,13-14,20-21H,3-8,12,15-18H2,1-2H3/t20-,21-/m1/s1. The predicted octanol–water partition coefficient (Wildman–Crippen LogP) is 5.05. The van der Waals surface area contributed by atoms with Crippen molar-refractivity contribution in [1.82, 2.24) is 4.90 Å². The van der Waals surface area contributed by atoms with Crippen LogP contribution in [-0.4, -0.2) is 30.6 Å². The third-order valence-corrected chi connectivity index (χ3v) is 5.28. The summed E-state index contributed by atoms with van der Waals surface area (Å²) in [5.41, 5.74) is 1.32. The second kappa shape index (κ2) is 11.3. The number of benzene rings is 1. The smallest absolute Gasteiger partial charge is 0.310 e. The molecule has 1 heterocycles. The topological polar surface area (TPSA) is 29.5 Å². The van der Waals surface area contributed by atoms with Gasteiger partial charge in [-0.1, -0.05) is 75.8 Å². The summed E-state index contributed by atoms with van der Waals surface area (Å²) >= 11 is 0. The van der Waals surface area contributed by atoms with Crippen molar-refractivity contribution >= 4 is 5.97 Å². The first-order valence-electron chi connectivity index (χ1n) is 10.2. The minimum Gasteiger partial charge on any atom is -0.466 e. The van der Waals surface area contributed by atoms with Gasteiger partial charge in [0, 0.05) is 19.6 Å². The monoisotopic (exact) mass is 345 g/mol. The van der Waals surface area contributed by atoms with E-state index in [9.17, 15) is 4.79 Å². The third kappa shape index (κ3) is 6.81. The molecule has 3 heteroatoms. The average Bonchev–Trinajstić information content (AvgIpc) is 3.02. The summed E-state index contributed by atoms with van der Waals surface area (Å²) in [6, 6.07) is 10.6. The molecule has 1 fully saturated rings. The SMILES string of the molecule is CCCCCCCC[C@@H]1CN(Cc2ccccc2)C[C@H]1C(=O)OCC. The minimum atomic E-state index is 0.00837. The zero-order chi connectivity index (χ0) is 17.9. The second-order valence-electron chi connectivity index (χ2n) is 7.35. The van der Waals surface area contributed by atoms with Crippen LogP contribution in [0.5, 0.6) is 0 Å². The van der Waals surface area contributed by atoms with Gasteiger partial charge in [0.05, 0.1) is 12.5 Å². The van der Waals surface area contributed by atoms with Crippen molar-refractivity contribution in [3.63, 3.8) is 0 Å². The molecular weight excluding hydrogens is 310 g/mol. The van der Waals surface area contributed by atoms with Gasteiger partial charge in [0.25, 0.3) is 0 Å². The van der Waals surface area contributed by atoms with Gasteiger partial charge in [0.1, 0.15) is 0 Å². The Balaban J connectivity index is 1.84. The lowest BCUT2D eigenvalue weighted by Gasteiger charge is -2.16. The molecular formula is C22H35NO2. The van der Waals surface area contributed by atoms with Crippen LogP contribution in [0.25, 0.3) is 0 Å². The Morgan fingerprint density at radius 2 is 1.76 bits per heavy atom. The van der Waals surface area contributed by atoms with Crippen molar-refractivity contribution in [3.8, 4) is 0 Å². The summed E-state index contributed by atoms with van der Waals surface area (Å²) in [4.78, 5) is 14.8. The summed E-state index contributed by atoms with van der Waals surface area (Å²) in [5, 5.41) is 0. The number of esters is 1. The molecule has 1 aliphatic heterocycles. The predicted molar refractivity (Wildman–Crippen MR) is 103 cm³/mol. The molecule has 0 unspecified atom stereocenters. The quantitative estimate of drug-likeness (QED) is 0.415. The fourth-order valence-electron chi connectivity index (χ4n) is 3.93. The van der Waals surface area contributed by atoms with E-state index in [2.05, 4.69) is 42.2 Å². The van der Waals surface area contributed by atoms with E-state index < -0.39 is 0 Å². The first-order chi connectivity index (χ1) is 12.2. The Morgan fingerprint density at radius 1 is 1.04 bits per heavy atom. The van der Waals surface area contributed by atoms with E-state index in [1.54, 1.807) is 0 Å². The Labute approximate surface area is 153 Å². The second-order valence-corrected chi connectivity index (χ2v) is 7.35. The number of ether oxygens (including phenoxy) is 1. The van der Waals surface area contributed by atoms with Crippen LogP contribution in [0.4, 0.5) is 0 Å². The van der Waals surface area contributed by atoms with Crippen LogP contribution in [0.3, 0.4) is 0 Å². The molecule has 0 N–H and O–H groups in total. The fraction of sp³-hybridized carbons (Fsp3) is 0.682. The number of unbranched alkanes of at least 4 members (excludes halogenated alkanes) is 5. The lowest BCUT2D eigenvalue weighted by Crippen LogP contribution is -2.26. The van der Waals surface area contributed by atoms with Crippen LogP contribution in [0.1, 0.15) is 64.4 Å². The highest BCUT2D eigenvalue weighted by molar-refractivity contribution is 5.73. The highest BCUT2D eigenvalue weighted by Crippen LogP contribution is 2.30. The van der Waals surface area contributed by atoms with Crippen LogP contribution >= 0.6 is 0 Å². The van der Waals surface area contributed by atoms with Crippen molar-refractivity contribution in [2.45, 2.75) is 65.3 Å². The summed E-state index contributed by atoms with van der Waals surface area (Å²) in [5.74, 6) is 0.516. The molecule has 0 radical (unpaired) electrons. The molecule has 2 atom stereocenters. The van der Waals surface area contributed by atoms with E-state index in [0.29, 0.717) is 12.5 Å². The number of likely N-dealkylation sites (tertiary alicyclic amines) is 1. The maximum Gasteiger partial charge on any atom is 0.310 e. The molecule has 3 nitrogen and oxygen atoms in total. The Hall–Kier alpha value is -1.35. The van der Waals surface area contributed by atoms with E-state index >= 15 is 0 Å². The highest BCUT2D eigenvalue weighted by Gasteiger charge is 2.37. The first kappa shape index (κ1) is 20.0. The van der Waals surface area contributed by atoms with Gasteiger partial charge in [-0.05, 0) is 24.8 Å². The van der Waals surface area contributed by atoms with Crippen molar-refractivity contribution in [2.75, 3.05) is 19.7 Å². The van der Waals surface area contributed by atoms with Crippen molar-refractivity contribution < 1.29 is 9.53 Å². The van der Waals surface area contributed by atoms with Crippen LogP contribution in [-0.2, 0) is 16.1 Å². The van der Waals surface area contributed by atoms with Gasteiger partial charge in [-0.2, -0.15) is 0 Å². The molecule has 0 spiro atoms. The van der Waals surface area contributed by atoms with Gasteiger partial charge >= 0.3 is 5.97 Å². The number of hydrogen-bond donors (Lipinski definition) is 0. The van der Waals surface area contributed by atoms with Crippen LogP contribution < -0.4 is 0 Å². The highest BCUT2D eigenvalue weighted by atomic mass is 16.5. The van der Waals surface area contributed by atoms with Gasteiger partial charge in [-0.3, -0.25) is 9.69 Å². The summed E-state index contributed by atoms with van der Waals surface area (Å²) in [7, 11) is 0. The molecule has 0 saturated carbocycles. The van der Waals surface area contributed by atoms with Gasteiger partial charge in [-0.25, -0.2) is 0 Å².